The van der Waals surface area contributed by atoms with Gasteiger partial charge in [0.2, 0.25) is 5.88 Å². The highest BCUT2D eigenvalue weighted by Gasteiger charge is 2.29. The predicted molar refractivity (Wildman–Crippen MR) is 140 cm³/mol. The first-order valence-corrected chi connectivity index (χ1v) is 12.6. The number of benzene rings is 1. The summed E-state index contributed by atoms with van der Waals surface area (Å²) >= 11 is 0. The summed E-state index contributed by atoms with van der Waals surface area (Å²) in [6.07, 6.45) is -0.240. The highest BCUT2D eigenvalue weighted by Crippen LogP contribution is 2.35. The molecule has 1 fully saturated rings. The number of anilines is 2. The van der Waals surface area contributed by atoms with Gasteiger partial charge in [-0.25, -0.2) is 18.7 Å². The summed E-state index contributed by atoms with van der Waals surface area (Å²) in [5.41, 5.74) is 2.22. The van der Waals surface area contributed by atoms with Gasteiger partial charge in [-0.1, -0.05) is 25.1 Å². The van der Waals surface area contributed by atoms with Gasteiger partial charge in [-0.2, -0.15) is 4.98 Å². The van der Waals surface area contributed by atoms with E-state index in [-0.39, 0.29) is 18.0 Å². The van der Waals surface area contributed by atoms with Crippen LogP contribution in [0.3, 0.4) is 0 Å². The Hall–Kier alpha value is -3.07. The van der Waals surface area contributed by atoms with E-state index in [1.807, 2.05) is 26.0 Å². The Morgan fingerprint density at radius 1 is 1.06 bits per heavy atom. The average molecular weight is 499 g/mol. The predicted octanol–water partition coefficient (Wildman–Crippen LogP) is 5.55. The summed E-state index contributed by atoms with van der Waals surface area (Å²) in [5.74, 6) is -1.14. The van der Waals surface area contributed by atoms with Crippen LogP contribution in [0.5, 0.6) is 5.88 Å². The molecule has 0 saturated carbocycles. The van der Waals surface area contributed by atoms with Gasteiger partial charge in [-0.15, -0.1) is 0 Å². The normalized spacial score (nSPS) is 16.0. The smallest absolute Gasteiger partial charge is 0.273 e. The van der Waals surface area contributed by atoms with E-state index in [1.54, 1.807) is 19.2 Å². The molecular weight excluding hydrogens is 462 g/mol. The molecule has 3 heterocycles. The summed E-state index contributed by atoms with van der Waals surface area (Å²) in [6, 6.07) is 8.86. The molecule has 1 aromatic carbocycles. The maximum atomic E-state index is 14.3. The van der Waals surface area contributed by atoms with Crippen molar-refractivity contribution in [1.82, 2.24) is 19.9 Å². The summed E-state index contributed by atoms with van der Waals surface area (Å²) in [4.78, 5) is 18.6. The summed E-state index contributed by atoms with van der Waals surface area (Å²) in [5, 5.41) is 4.19. The quantitative estimate of drug-likeness (QED) is 0.437. The number of nitrogens with zero attached hydrogens (tertiary/aromatic N) is 5. The second-order valence-corrected chi connectivity index (χ2v) is 9.67. The monoisotopic (exact) mass is 498 g/mol. The number of hydrogen-bond donors (Lipinski definition) is 1. The molecule has 9 heteroatoms. The minimum Gasteiger partial charge on any atom is -0.479 e. The first-order chi connectivity index (χ1) is 17.1. The number of aryl methyl sites for hydroxylation is 1. The number of methoxy groups -OCH3 is 1. The van der Waals surface area contributed by atoms with Gasteiger partial charge in [0.15, 0.2) is 5.65 Å². The van der Waals surface area contributed by atoms with E-state index in [0.717, 1.165) is 42.8 Å². The number of aromatic nitrogens is 3. The van der Waals surface area contributed by atoms with Crippen molar-refractivity contribution in [1.29, 1.82) is 0 Å². The van der Waals surface area contributed by atoms with Crippen LogP contribution < -0.4 is 15.0 Å². The second kappa shape index (κ2) is 10.5. The number of piperazine rings is 1. The molecule has 4 rings (SSSR count). The van der Waals surface area contributed by atoms with Gasteiger partial charge in [0.25, 0.3) is 5.92 Å². The van der Waals surface area contributed by atoms with Gasteiger partial charge < -0.3 is 15.0 Å². The van der Waals surface area contributed by atoms with E-state index in [2.05, 4.69) is 38.9 Å². The van der Waals surface area contributed by atoms with Crippen LogP contribution in [0.25, 0.3) is 11.0 Å². The number of hydrogen-bond acceptors (Lipinski definition) is 7. The van der Waals surface area contributed by atoms with Crippen LogP contribution in [0.1, 0.15) is 57.1 Å². The lowest BCUT2D eigenvalue weighted by Crippen LogP contribution is -2.49. The van der Waals surface area contributed by atoms with Crippen molar-refractivity contribution in [3.63, 3.8) is 0 Å². The Balaban J connectivity index is 1.68. The van der Waals surface area contributed by atoms with Crippen molar-refractivity contribution in [2.45, 2.75) is 59.0 Å². The molecule has 0 unspecified atom stereocenters. The standard InChI is InChI=1S/C27H36F2N6O/c1-7-27(28,29)21-10-8-9-20(15-21)18(4)30-24-22-16-23(35-13-11-34(12-14-35)17(2)3)26(36-6)33-25(22)32-19(5)31-24/h8-10,15-18H,7,11-14H2,1-6H3,(H,30,31,32,33)/t18-/m1/s1. The third kappa shape index (κ3) is 5.36. The highest BCUT2D eigenvalue weighted by molar-refractivity contribution is 5.90. The third-order valence-electron chi connectivity index (χ3n) is 6.93. The molecule has 2 aromatic heterocycles. The largest absolute Gasteiger partial charge is 0.479 e. The number of nitrogens with one attached hydrogen (secondary N) is 1. The summed E-state index contributed by atoms with van der Waals surface area (Å²) in [7, 11) is 1.62. The van der Waals surface area contributed by atoms with E-state index in [9.17, 15) is 8.78 Å². The molecule has 1 N–H and O–H groups in total. The number of alkyl halides is 2. The molecule has 36 heavy (non-hydrogen) atoms. The van der Waals surface area contributed by atoms with Crippen molar-refractivity contribution < 1.29 is 13.5 Å². The molecule has 0 aliphatic carbocycles. The molecule has 0 bridgehead atoms. The molecule has 1 saturated heterocycles. The average Bonchev–Trinajstić information content (AvgIpc) is 2.88. The van der Waals surface area contributed by atoms with Crippen LogP contribution in [-0.4, -0.2) is 59.2 Å². The lowest BCUT2D eigenvalue weighted by Gasteiger charge is -2.38. The number of fused-ring (bicyclic) bond motifs is 1. The SMILES string of the molecule is CCC(F)(F)c1cccc([C@@H](C)Nc2nc(C)nc3nc(OC)c(N4CCN(C(C)C)CC4)cc23)c1. The molecule has 0 spiro atoms. The Morgan fingerprint density at radius 2 is 1.78 bits per heavy atom. The van der Waals surface area contributed by atoms with Crippen LogP contribution in [0.2, 0.25) is 0 Å². The van der Waals surface area contributed by atoms with Crippen LogP contribution in [0, 0.1) is 6.92 Å². The van der Waals surface area contributed by atoms with E-state index in [0.29, 0.717) is 29.2 Å². The molecule has 0 amide bonds. The number of ether oxygens (including phenoxy) is 1. The molecule has 1 aliphatic heterocycles. The maximum absolute atomic E-state index is 14.3. The lowest BCUT2D eigenvalue weighted by molar-refractivity contribution is -0.00836. The first kappa shape index (κ1) is 26.0. The maximum Gasteiger partial charge on any atom is 0.273 e. The van der Waals surface area contributed by atoms with Crippen molar-refractivity contribution in [2.75, 3.05) is 43.5 Å². The molecule has 3 aromatic rings. The molecule has 1 atom stereocenters. The lowest BCUT2D eigenvalue weighted by atomic mass is 10.00. The van der Waals surface area contributed by atoms with E-state index < -0.39 is 5.92 Å². The van der Waals surface area contributed by atoms with Gasteiger partial charge in [-0.05, 0) is 45.4 Å². The Kier molecular flexibility index (Phi) is 7.59. The van der Waals surface area contributed by atoms with Crippen LogP contribution in [0.15, 0.2) is 30.3 Å². The highest BCUT2D eigenvalue weighted by atomic mass is 19.3. The summed E-state index contributed by atoms with van der Waals surface area (Å²) < 4.78 is 34.3. The van der Waals surface area contributed by atoms with Crippen LogP contribution in [-0.2, 0) is 5.92 Å². The zero-order chi connectivity index (χ0) is 26.0. The van der Waals surface area contributed by atoms with Crippen molar-refractivity contribution >= 4 is 22.5 Å². The zero-order valence-corrected chi connectivity index (χ0v) is 22.0. The van der Waals surface area contributed by atoms with E-state index >= 15 is 0 Å². The van der Waals surface area contributed by atoms with Crippen LogP contribution >= 0.6 is 0 Å². The fourth-order valence-electron chi connectivity index (χ4n) is 4.63. The van der Waals surface area contributed by atoms with Crippen molar-refractivity contribution in [3.8, 4) is 5.88 Å². The molecular formula is C27H36F2N6O. The first-order valence-electron chi connectivity index (χ1n) is 12.6. The fourth-order valence-corrected chi connectivity index (χ4v) is 4.63. The Morgan fingerprint density at radius 3 is 2.42 bits per heavy atom. The Bertz CT molecular complexity index is 1210. The Labute approximate surface area is 211 Å². The van der Waals surface area contributed by atoms with Gasteiger partial charge in [0.1, 0.15) is 17.3 Å². The van der Waals surface area contributed by atoms with E-state index in [1.165, 1.54) is 13.0 Å². The number of halogens is 2. The van der Waals surface area contributed by atoms with Crippen molar-refractivity contribution in [3.05, 3.63) is 47.3 Å². The minimum absolute atomic E-state index is 0.0223. The van der Waals surface area contributed by atoms with Gasteiger partial charge >= 0.3 is 0 Å². The number of rotatable bonds is 8. The van der Waals surface area contributed by atoms with E-state index in [4.69, 9.17) is 9.72 Å². The second-order valence-electron chi connectivity index (χ2n) is 9.67. The third-order valence-corrected chi connectivity index (χ3v) is 6.93. The topological polar surface area (TPSA) is 66.4 Å². The molecule has 194 valence electrons. The van der Waals surface area contributed by atoms with Crippen LogP contribution in [0.4, 0.5) is 20.3 Å². The molecule has 0 radical (unpaired) electrons. The van der Waals surface area contributed by atoms with Gasteiger partial charge in [0.05, 0.1) is 12.5 Å². The number of pyridine rings is 1. The molecule has 7 nitrogen and oxygen atoms in total. The molecule has 1 aliphatic rings. The van der Waals surface area contributed by atoms with Crippen molar-refractivity contribution in [2.24, 2.45) is 0 Å². The van der Waals surface area contributed by atoms with Gasteiger partial charge in [0, 0.05) is 50.2 Å². The fraction of sp³-hybridized carbons (Fsp3) is 0.519. The minimum atomic E-state index is -2.86. The van der Waals surface area contributed by atoms with Gasteiger partial charge in [-0.3, -0.25) is 4.90 Å². The summed E-state index contributed by atoms with van der Waals surface area (Å²) in [6.45, 7) is 13.3. The zero-order valence-electron chi connectivity index (χ0n) is 22.0.